The zero-order chi connectivity index (χ0) is 23.9. The van der Waals surface area contributed by atoms with Crippen LogP contribution in [0.3, 0.4) is 0 Å². The number of hydrogen-bond acceptors (Lipinski definition) is 4. The summed E-state index contributed by atoms with van der Waals surface area (Å²) in [4.78, 5) is 0. The monoisotopic (exact) mass is 482 g/mol. The molecule has 0 radical (unpaired) electrons. The zero-order valence-corrected chi connectivity index (χ0v) is 22.7. The lowest BCUT2D eigenvalue weighted by Gasteiger charge is -2.22. The molecule has 0 N–H and O–H groups in total. The molecule has 3 atom stereocenters. The van der Waals surface area contributed by atoms with Gasteiger partial charge in [0.25, 0.3) is 0 Å². The predicted octanol–water partition coefficient (Wildman–Crippen LogP) is 8.60. The van der Waals surface area contributed by atoms with E-state index in [0.29, 0.717) is 6.10 Å². The van der Waals surface area contributed by atoms with Crippen LogP contribution in [0.5, 0.6) is 0 Å². The molecule has 4 heteroatoms. The first kappa shape index (κ1) is 30.1. The minimum absolute atomic E-state index is 0.0621. The van der Waals surface area contributed by atoms with E-state index < -0.39 is 0 Å². The molecule has 2 aliphatic heterocycles. The summed E-state index contributed by atoms with van der Waals surface area (Å²) < 4.78 is 23.3. The number of unbranched alkanes of at least 4 members (excludes halogenated alkanes) is 14. The molecule has 0 amide bonds. The lowest BCUT2D eigenvalue weighted by molar-refractivity contribution is -0.162. The van der Waals surface area contributed by atoms with Gasteiger partial charge < -0.3 is 18.9 Å². The highest BCUT2D eigenvalue weighted by molar-refractivity contribution is 4.73. The van der Waals surface area contributed by atoms with Crippen molar-refractivity contribution in [3.05, 3.63) is 0 Å². The molecule has 2 rings (SSSR count). The van der Waals surface area contributed by atoms with Gasteiger partial charge in [0.05, 0.1) is 12.7 Å². The molecule has 0 saturated carbocycles. The molecule has 4 nitrogen and oxygen atoms in total. The topological polar surface area (TPSA) is 36.9 Å². The third kappa shape index (κ3) is 16.5. The van der Waals surface area contributed by atoms with E-state index in [-0.39, 0.29) is 6.29 Å². The SMILES string of the molecule is CCCCCCCCCCCCCC[C@H]1CO[C@H](COCCCCCCOC2CCCCO2)C1. The van der Waals surface area contributed by atoms with Crippen molar-refractivity contribution in [3.63, 3.8) is 0 Å². The van der Waals surface area contributed by atoms with Crippen LogP contribution < -0.4 is 0 Å². The molecule has 202 valence electrons. The summed E-state index contributed by atoms with van der Waals surface area (Å²) in [6, 6.07) is 0. The van der Waals surface area contributed by atoms with Crippen LogP contribution in [0, 0.1) is 5.92 Å². The molecular formula is C30H58O4. The normalized spacial score (nSPS) is 23.0. The second-order valence-corrected chi connectivity index (χ2v) is 10.9. The quantitative estimate of drug-likeness (QED) is 0.137. The lowest BCUT2D eigenvalue weighted by atomic mass is 9.97. The van der Waals surface area contributed by atoms with E-state index in [1.807, 2.05) is 0 Å². The van der Waals surface area contributed by atoms with E-state index in [1.165, 1.54) is 116 Å². The lowest BCUT2D eigenvalue weighted by Crippen LogP contribution is -2.22. The highest BCUT2D eigenvalue weighted by atomic mass is 16.7. The molecule has 2 aliphatic rings. The first-order chi connectivity index (χ1) is 16.9. The van der Waals surface area contributed by atoms with Gasteiger partial charge in [0.1, 0.15) is 0 Å². The minimum atomic E-state index is 0.0621. The average Bonchev–Trinajstić information content (AvgIpc) is 3.32. The van der Waals surface area contributed by atoms with Gasteiger partial charge in [-0.2, -0.15) is 0 Å². The van der Waals surface area contributed by atoms with Crippen molar-refractivity contribution < 1.29 is 18.9 Å². The van der Waals surface area contributed by atoms with Crippen LogP contribution in [0.4, 0.5) is 0 Å². The Kier molecular flexibility index (Phi) is 19.5. The maximum Gasteiger partial charge on any atom is 0.157 e. The first-order valence-electron chi connectivity index (χ1n) is 15.3. The smallest absolute Gasteiger partial charge is 0.157 e. The Balaban J connectivity index is 1.26. The Morgan fingerprint density at radius 1 is 0.676 bits per heavy atom. The Morgan fingerprint density at radius 3 is 2.00 bits per heavy atom. The van der Waals surface area contributed by atoms with Crippen LogP contribution in [0.1, 0.15) is 142 Å². The number of rotatable bonds is 23. The van der Waals surface area contributed by atoms with E-state index >= 15 is 0 Å². The summed E-state index contributed by atoms with van der Waals surface area (Å²) >= 11 is 0. The average molecular weight is 483 g/mol. The Labute approximate surface area is 212 Å². The van der Waals surface area contributed by atoms with E-state index in [2.05, 4.69) is 6.92 Å². The van der Waals surface area contributed by atoms with Crippen LogP contribution >= 0.6 is 0 Å². The molecule has 0 aromatic rings. The molecule has 2 fully saturated rings. The summed E-state index contributed by atoms with van der Waals surface area (Å²) in [5.74, 6) is 0.768. The van der Waals surface area contributed by atoms with E-state index in [0.717, 1.165) is 58.2 Å². The van der Waals surface area contributed by atoms with Crippen LogP contribution in [0.15, 0.2) is 0 Å². The number of ether oxygens (including phenoxy) is 4. The highest BCUT2D eigenvalue weighted by Gasteiger charge is 2.25. The molecule has 0 aromatic heterocycles. The zero-order valence-electron chi connectivity index (χ0n) is 22.7. The van der Waals surface area contributed by atoms with Gasteiger partial charge in [-0.05, 0) is 50.9 Å². The third-order valence-electron chi connectivity index (χ3n) is 7.56. The fraction of sp³-hybridized carbons (Fsp3) is 1.00. The summed E-state index contributed by atoms with van der Waals surface area (Å²) in [7, 11) is 0. The fourth-order valence-corrected chi connectivity index (χ4v) is 5.30. The van der Waals surface area contributed by atoms with Crippen molar-refractivity contribution in [1.29, 1.82) is 0 Å². The van der Waals surface area contributed by atoms with Crippen molar-refractivity contribution in [2.75, 3.05) is 33.0 Å². The second-order valence-electron chi connectivity index (χ2n) is 10.9. The third-order valence-corrected chi connectivity index (χ3v) is 7.56. The Morgan fingerprint density at radius 2 is 1.32 bits per heavy atom. The van der Waals surface area contributed by atoms with Crippen LogP contribution in [-0.4, -0.2) is 45.4 Å². The van der Waals surface area contributed by atoms with Crippen molar-refractivity contribution >= 4 is 0 Å². The van der Waals surface area contributed by atoms with Gasteiger partial charge in [-0.15, -0.1) is 0 Å². The maximum absolute atomic E-state index is 5.99. The molecule has 34 heavy (non-hydrogen) atoms. The fourth-order valence-electron chi connectivity index (χ4n) is 5.30. The molecule has 2 saturated heterocycles. The van der Waals surface area contributed by atoms with Gasteiger partial charge >= 0.3 is 0 Å². The standard InChI is InChI=1S/C30H58O4/c1-2-3-4-5-6-7-8-9-10-11-12-15-20-28-25-29(34-26-28)27-31-22-17-13-14-18-23-32-30-21-16-19-24-33-30/h28-30H,2-27H2,1H3/t28-,29+,30?/m1/s1. The van der Waals surface area contributed by atoms with Crippen LogP contribution in [-0.2, 0) is 18.9 Å². The van der Waals surface area contributed by atoms with Gasteiger partial charge in [0.2, 0.25) is 0 Å². The molecule has 0 aromatic carbocycles. The van der Waals surface area contributed by atoms with E-state index in [9.17, 15) is 0 Å². The molecular weight excluding hydrogens is 424 g/mol. The molecule has 2 heterocycles. The molecule has 1 unspecified atom stereocenters. The van der Waals surface area contributed by atoms with Crippen molar-refractivity contribution in [2.24, 2.45) is 5.92 Å². The number of hydrogen-bond donors (Lipinski definition) is 0. The van der Waals surface area contributed by atoms with Crippen LogP contribution in [0.2, 0.25) is 0 Å². The van der Waals surface area contributed by atoms with Crippen molar-refractivity contribution in [2.45, 2.75) is 154 Å². The van der Waals surface area contributed by atoms with Gasteiger partial charge in [0, 0.05) is 26.4 Å². The Hall–Kier alpha value is -0.160. The van der Waals surface area contributed by atoms with Crippen molar-refractivity contribution in [3.8, 4) is 0 Å². The first-order valence-corrected chi connectivity index (χ1v) is 15.3. The van der Waals surface area contributed by atoms with Gasteiger partial charge in [-0.25, -0.2) is 0 Å². The molecule has 0 bridgehead atoms. The van der Waals surface area contributed by atoms with Crippen molar-refractivity contribution in [1.82, 2.24) is 0 Å². The van der Waals surface area contributed by atoms with E-state index in [4.69, 9.17) is 18.9 Å². The second kappa shape index (κ2) is 22.1. The Bertz CT molecular complexity index is 424. The maximum atomic E-state index is 5.99. The summed E-state index contributed by atoms with van der Waals surface area (Å²) in [6.45, 7) is 6.61. The van der Waals surface area contributed by atoms with Gasteiger partial charge in [-0.3, -0.25) is 0 Å². The van der Waals surface area contributed by atoms with E-state index in [1.54, 1.807) is 0 Å². The highest BCUT2D eigenvalue weighted by Crippen LogP contribution is 2.25. The predicted molar refractivity (Wildman–Crippen MR) is 142 cm³/mol. The van der Waals surface area contributed by atoms with Gasteiger partial charge in [0.15, 0.2) is 6.29 Å². The van der Waals surface area contributed by atoms with Gasteiger partial charge in [-0.1, -0.05) is 96.8 Å². The van der Waals surface area contributed by atoms with Crippen LogP contribution in [0.25, 0.3) is 0 Å². The summed E-state index contributed by atoms with van der Waals surface area (Å²) in [5.41, 5.74) is 0. The summed E-state index contributed by atoms with van der Waals surface area (Å²) in [6.07, 6.45) is 28.3. The largest absolute Gasteiger partial charge is 0.379 e. The molecule has 0 aliphatic carbocycles. The summed E-state index contributed by atoms with van der Waals surface area (Å²) in [5, 5.41) is 0. The molecule has 0 spiro atoms. The minimum Gasteiger partial charge on any atom is -0.379 e.